The summed E-state index contributed by atoms with van der Waals surface area (Å²) in [5.41, 5.74) is -1.25. The Morgan fingerprint density at radius 1 is 1.43 bits per heavy atom. The highest BCUT2D eigenvalue weighted by Crippen LogP contribution is 2.59. The van der Waals surface area contributed by atoms with Crippen LogP contribution < -0.4 is 5.32 Å². The van der Waals surface area contributed by atoms with Gasteiger partial charge in [-0.15, -0.1) is 0 Å². The molecule has 1 amide bonds. The largest absolute Gasteiger partial charge is 0.465 e. The quantitative estimate of drug-likeness (QED) is 0.530. The van der Waals surface area contributed by atoms with Crippen molar-refractivity contribution in [3.63, 3.8) is 0 Å². The minimum Gasteiger partial charge on any atom is -0.465 e. The molecule has 0 radical (unpaired) electrons. The molecule has 1 aliphatic rings. The van der Waals surface area contributed by atoms with E-state index in [0.29, 0.717) is 4.60 Å². The van der Waals surface area contributed by atoms with Crippen molar-refractivity contribution in [3.05, 3.63) is 28.2 Å². The maximum absolute atomic E-state index is 14.2. The number of rotatable bonds is 1. The van der Waals surface area contributed by atoms with E-state index in [1.54, 1.807) is 0 Å². The second-order valence-corrected chi connectivity index (χ2v) is 9.43. The van der Waals surface area contributed by atoms with Crippen LogP contribution >= 0.6 is 26.5 Å². The standard InChI is InChI=1S/C13H17BrFN3O4S/c1-12(2)10(17-11(19)20)18-13(3,6-23(12,21)22)7-4-9(14)16-5-8(7)15/h4-5,21-22H,6H2,1-3H3,(H,17,18)(H,19,20). The average molecular weight is 410 g/mol. The molecule has 0 fully saturated rings. The number of nitrogens with one attached hydrogen (secondary N) is 1. The number of carbonyl (C=O) groups is 1. The summed E-state index contributed by atoms with van der Waals surface area (Å²) in [5, 5.41) is 11.1. The predicted molar refractivity (Wildman–Crippen MR) is 89.6 cm³/mol. The molecule has 0 bridgehead atoms. The van der Waals surface area contributed by atoms with Gasteiger partial charge in [-0.2, -0.15) is 10.6 Å². The Labute approximate surface area is 142 Å². The van der Waals surface area contributed by atoms with Crippen molar-refractivity contribution in [2.75, 3.05) is 5.75 Å². The van der Waals surface area contributed by atoms with Crippen molar-refractivity contribution in [1.82, 2.24) is 10.3 Å². The lowest BCUT2D eigenvalue weighted by molar-refractivity contribution is 0.199. The van der Waals surface area contributed by atoms with E-state index in [4.69, 9.17) is 5.11 Å². The minimum atomic E-state index is -3.30. The normalized spacial score (nSPS) is 27.0. The van der Waals surface area contributed by atoms with Gasteiger partial charge in [0.15, 0.2) is 0 Å². The Balaban J connectivity index is 2.66. The highest BCUT2D eigenvalue weighted by molar-refractivity contribution is 9.10. The lowest BCUT2D eigenvalue weighted by Gasteiger charge is -2.53. The second-order valence-electron chi connectivity index (χ2n) is 5.97. The Morgan fingerprint density at radius 2 is 2.04 bits per heavy atom. The fraction of sp³-hybridized carbons (Fsp3) is 0.462. The van der Waals surface area contributed by atoms with Gasteiger partial charge in [0.05, 0.1) is 11.9 Å². The predicted octanol–water partition coefficient (Wildman–Crippen LogP) is 3.41. The number of halogens is 2. The number of nitrogens with zero attached hydrogens (tertiary/aromatic N) is 2. The Bertz CT molecular complexity index is 698. The number of amides is 1. The van der Waals surface area contributed by atoms with E-state index in [-0.39, 0.29) is 17.2 Å². The summed E-state index contributed by atoms with van der Waals surface area (Å²) in [5.74, 6) is -1.01. The van der Waals surface area contributed by atoms with Gasteiger partial charge >= 0.3 is 6.09 Å². The third-order valence-electron chi connectivity index (χ3n) is 3.86. The Kier molecular flexibility index (Phi) is 4.48. The number of carboxylic acid groups (broad SMARTS) is 1. The van der Waals surface area contributed by atoms with Crippen LogP contribution in [0, 0.1) is 5.82 Å². The zero-order chi connectivity index (χ0) is 17.6. The van der Waals surface area contributed by atoms with Gasteiger partial charge in [-0.3, -0.25) is 19.4 Å². The molecule has 2 heterocycles. The van der Waals surface area contributed by atoms with Crippen LogP contribution in [-0.2, 0) is 5.54 Å². The van der Waals surface area contributed by atoms with Crippen LogP contribution in [0.5, 0.6) is 0 Å². The summed E-state index contributed by atoms with van der Waals surface area (Å²) < 4.78 is 34.3. The lowest BCUT2D eigenvalue weighted by Crippen LogP contribution is -2.55. The third kappa shape index (κ3) is 3.21. The van der Waals surface area contributed by atoms with E-state index in [2.05, 4.69) is 31.2 Å². The fourth-order valence-electron chi connectivity index (χ4n) is 2.38. The van der Waals surface area contributed by atoms with E-state index in [1.807, 2.05) is 0 Å². The molecule has 7 nitrogen and oxygen atoms in total. The Hall–Kier alpha value is -1.23. The highest BCUT2D eigenvalue weighted by Gasteiger charge is 2.50. The number of amidine groups is 1. The molecule has 0 saturated heterocycles. The molecule has 4 N–H and O–H groups in total. The maximum atomic E-state index is 14.2. The lowest BCUT2D eigenvalue weighted by atomic mass is 9.94. The van der Waals surface area contributed by atoms with Crippen molar-refractivity contribution in [3.8, 4) is 0 Å². The monoisotopic (exact) mass is 409 g/mol. The van der Waals surface area contributed by atoms with Crippen molar-refractivity contribution in [1.29, 1.82) is 0 Å². The Morgan fingerprint density at radius 3 is 2.61 bits per heavy atom. The summed E-state index contributed by atoms with van der Waals surface area (Å²) >= 11 is 3.14. The number of hydrogen-bond acceptors (Lipinski definition) is 5. The third-order valence-corrected chi connectivity index (χ3v) is 7.08. The number of aromatic nitrogens is 1. The molecule has 1 aromatic rings. The molecular weight excluding hydrogens is 393 g/mol. The van der Waals surface area contributed by atoms with Crippen LogP contribution in [0.4, 0.5) is 9.18 Å². The van der Waals surface area contributed by atoms with E-state index in [1.165, 1.54) is 26.8 Å². The molecule has 23 heavy (non-hydrogen) atoms. The van der Waals surface area contributed by atoms with Crippen LogP contribution in [0.2, 0.25) is 0 Å². The molecule has 1 aromatic heterocycles. The first-order valence-electron chi connectivity index (χ1n) is 6.56. The first-order valence-corrected chi connectivity index (χ1v) is 9.07. The van der Waals surface area contributed by atoms with Gasteiger partial charge in [-0.05, 0) is 42.8 Å². The highest BCUT2D eigenvalue weighted by atomic mass is 79.9. The van der Waals surface area contributed by atoms with Gasteiger partial charge in [-0.25, -0.2) is 14.2 Å². The molecule has 1 atom stereocenters. The smallest absolute Gasteiger partial charge is 0.410 e. The second kappa shape index (κ2) is 5.69. The number of aliphatic imine (C=N–C) groups is 1. The van der Waals surface area contributed by atoms with Gasteiger partial charge in [0.2, 0.25) is 0 Å². The zero-order valence-corrected chi connectivity index (χ0v) is 15.1. The zero-order valence-electron chi connectivity index (χ0n) is 12.7. The van der Waals surface area contributed by atoms with Gasteiger partial charge in [0.1, 0.15) is 26.5 Å². The van der Waals surface area contributed by atoms with Gasteiger partial charge in [-0.1, -0.05) is 0 Å². The van der Waals surface area contributed by atoms with Crippen LogP contribution in [-0.4, -0.2) is 41.6 Å². The summed E-state index contributed by atoms with van der Waals surface area (Å²) in [6, 6.07) is 1.39. The minimum absolute atomic E-state index is 0.0968. The average Bonchev–Trinajstić information content (AvgIpc) is 2.38. The first-order chi connectivity index (χ1) is 10.4. The van der Waals surface area contributed by atoms with Crippen LogP contribution in [0.25, 0.3) is 0 Å². The van der Waals surface area contributed by atoms with E-state index >= 15 is 0 Å². The van der Waals surface area contributed by atoms with Gasteiger partial charge in [0.25, 0.3) is 0 Å². The summed E-state index contributed by atoms with van der Waals surface area (Å²) in [4.78, 5) is 19.1. The molecule has 0 saturated carbocycles. The molecule has 0 aromatic carbocycles. The van der Waals surface area contributed by atoms with Crippen molar-refractivity contribution >= 4 is 38.4 Å². The van der Waals surface area contributed by atoms with Crippen molar-refractivity contribution in [2.24, 2.45) is 4.99 Å². The summed E-state index contributed by atoms with van der Waals surface area (Å²) in [6.45, 7) is 4.48. The molecule has 2 rings (SSSR count). The first kappa shape index (κ1) is 18.1. The SMILES string of the molecule is CC1(c2cc(Br)ncc2F)CS(O)(O)C(C)(C)C(NC(=O)O)=N1. The molecule has 1 unspecified atom stereocenters. The van der Waals surface area contributed by atoms with Gasteiger partial charge in [0, 0.05) is 5.56 Å². The molecule has 10 heteroatoms. The summed E-state index contributed by atoms with van der Waals surface area (Å²) in [7, 11) is -3.30. The molecule has 128 valence electrons. The number of hydrogen-bond donors (Lipinski definition) is 4. The van der Waals surface area contributed by atoms with Crippen LogP contribution in [0.15, 0.2) is 21.9 Å². The van der Waals surface area contributed by atoms with Gasteiger partial charge < -0.3 is 5.11 Å². The van der Waals surface area contributed by atoms with Crippen molar-refractivity contribution in [2.45, 2.75) is 31.1 Å². The molecule has 0 aliphatic carbocycles. The van der Waals surface area contributed by atoms with E-state index in [0.717, 1.165) is 6.20 Å². The molecular formula is C13H17BrFN3O4S. The van der Waals surface area contributed by atoms with Crippen LogP contribution in [0.3, 0.4) is 0 Å². The van der Waals surface area contributed by atoms with Crippen LogP contribution in [0.1, 0.15) is 26.3 Å². The number of pyridine rings is 1. The topological polar surface area (TPSA) is 115 Å². The summed E-state index contributed by atoms with van der Waals surface area (Å²) in [6.07, 6.45) is -0.386. The maximum Gasteiger partial charge on any atom is 0.410 e. The van der Waals surface area contributed by atoms with Crippen molar-refractivity contribution < 1.29 is 23.4 Å². The molecule has 1 aliphatic heterocycles. The van der Waals surface area contributed by atoms with E-state index in [9.17, 15) is 18.3 Å². The molecule has 0 spiro atoms. The fourth-order valence-corrected chi connectivity index (χ4v) is 4.49. The van der Waals surface area contributed by atoms with E-state index < -0.39 is 32.8 Å².